The summed E-state index contributed by atoms with van der Waals surface area (Å²) in [6.07, 6.45) is 0. The molecule has 1 heterocycles. The van der Waals surface area contributed by atoms with Crippen molar-refractivity contribution in [3.8, 4) is 11.5 Å². The minimum absolute atomic E-state index is 0.251. The van der Waals surface area contributed by atoms with Crippen LogP contribution < -0.4 is 5.63 Å². The molecule has 4 nitrogen and oxygen atoms in total. The van der Waals surface area contributed by atoms with Crippen molar-refractivity contribution in [1.82, 2.24) is 10.2 Å². The Hall–Kier alpha value is -1.97. The minimum atomic E-state index is -0.446. The first-order valence-electron chi connectivity index (χ1n) is 4.17. The third kappa shape index (κ3) is 1.54. The molecular formula is C10H8N2O2. The molecule has 0 bridgehead atoms. The fourth-order valence-electron chi connectivity index (χ4n) is 1.04. The molecule has 0 fully saturated rings. The molecule has 0 radical (unpaired) electrons. The summed E-state index contributed by atoms with van der Waals surface area (Å²) >= 11 is 0. The molecule has 0 unspecified atom stereocenters. The van der Waals surface area contributed by atoms with E-state index in [1.54, 1.807) is 6.92 Å². The van der Waals surface area contributed by atoms with E-state index in [2.05, 4.69) is 10.2 Å². The Balaban J connectivity index is 2.54. The summed E-state index contributed by atoms with van der Waals surface area (Å²) < 4.78 is 4.96. The average Bonchev–Trinajstić information content (AvgIpc) is 2.23. The highest BCUT2D eigenvalue weighted by molar-refractivity contribution is 5.51. The average molecular weight is 188 g/mol. The Morgan fingerprint density at radius 3 is 2.50 bits per heavy atom. The molecule has 0 aliphatic carbocycles. The number of hydrogen-bond acceptors (Lipinski definition) is 4. The van der Waals surface area contributed by atoms with E-state index in [4.69, 9.17) is 4.42 Å². The topological polar surface area (TPSA) is 56.0 Å². The van der Waals surface area contributed by atoms with Gasteiger partial charge in [-0.05, 0) is 19.1 Å². The Labute approximate surface area is 80.2 Å². The maximum Gasteiger partial charge on any atom is 0.361 e. The number of hydrogen-bond donors (Lipinski definition) is 0. The third-order valence-corrected chi connectivity index (χ3v) is 1.80. The number of nitrogens with zero attached hydrogens (tertiary/aromatic N) is 2. The van der Waals surface area contributed by atoms with Gasteiger partial charge in [0.05, 0.1) is 0 Å². The molecule has 0 aliphatic heterocycles. The van der Waals surface area contributed by atoms with Gasteiger partial charge in [0.25, 0.3) is 0 Å². The second kappa shape index (κ2) is 3.41. The van der Waals surface area contributed by atoms with Crippen molar-refractivity contribution in [2.45, 2.75) is 6.92 Å². The monoisotopic (exact) mass is 188 g/mol. The molecule has 0 N–H and O–H groups in total. The zero-order valence-electron chi connectivity index (χ0n) is 7.60. The van der Waals surface area contributed by atoms with Crippen LogP contribution in [0.15, 0.2) is 39.5 Å². The SMILES string of the molecule is Cc1nnc(-c2ccccc2)oc1=O. The standard InChI is InChI=1S/C10H8N2O2/c1-7-10(13)14-9(12-11-7)8-5-3-2-4-6-8/h2-6H,1H3. The minimum Gasteiger partial charge on any atom is -0.401 e. The summed E-state index contributed by atoms with van der Waals surface area (Å²) in [6, 6.07) is 9.18. The highest BCUT2D eigenvalue weighted by atomic mass is 16.4. The van der Waals surface area contributed by atoms with Crippen molar-refractivity contribution in [3.63, 3.8) is 0 Å². The number of benzene rings is 1. The van der Waals surface area contributed by atoms with Crippen LogP contribution in [0.25, 0.3) is 11.5 Å². The summed E-state index contributed by atoms with van der Waals surface area (Å²) in [6.45, 7) is 1.56. The van der Waals surface area contributed by atoms with Gasteiger partial charge in [-0.25, -0.2) is 4.79 Å². The predicted molar refractivity (Wildman–Crippen MR) is 50.7 cm³/mol. The molecule has 0 saturated heterocycles. The summed E-state index contributed by atoms with van der Waals surface area (Å²) in [5.41, 5.74) is 0.570. The van der Waals surface area contributed by atoms with E-state index in [-0.39, 0.29) is 11.6 Å². The lowest BCUT2D eigenvalue weighted by atomic mass is 10.2. The van der Waals surface area contributed by atoms with E-state index in [1.807, 2.05) is 30.3 Å². The van der Waals surface area contributed by atoms with Crippen molar-refractivity contribution in [2.75, 3.05) is 0 Å². The second-order valence-electron chi connectivity index (χ2n) is 2.85. The molecule has 2 aromatic rings. The van der Waals surface area contributed by atoms with E-state index in [0.29, 0.717) is 0 Å². The van der Waals surface area contributed by atoms with Crippen molar-refractivity contribution in [1.29, 1.82) is 0 Å². The summed E-state index contributed by atoms with van der Waals surface area (Å²) in [5, 5.41) is 7.49. The zero-order valence-corrected chi connectivity index (χ0v) is 7.60. The van der Waals surface area contributed by atoms with Crippen LogP contribution >= 0.6 is 0 Å². The van der Waals surface area contributed by atoms with Crippen LogP contribution in [0, 0.1) is 6.92 Å². The smallest absolute Gasteiger partial charge is 0.361 e. The lowest BCUT2D eigenvalue weighted by Gasteiger charge is -1.96. The highest BCUT2D eigenvalue weighted by Gasteiger charge is 2.04. The Morgan fingerprint density at radius 1 is 1.14 bits per heavy atom. The molecular weight excluding hydrogens is 180 g/mol. The number of aromatic nitrogens is 2. The van der Waals surface area contributed by atoms with Crippen LogP contribution in [0.1, 0.15) is 5.69 Å². The lowest BCUT2D eigenvalue weighted by Crippen LogP contribution is -2.08. The van der Waals surface area contributed by atoms with E-state index in [1.165, 1.54) is 0 Å². The zero-order chi connectivity index (χ0) is 9.97. The van der Waals surface area contributed by atoms with Gasteiger partial charge in [0.1, 0.15) is 5.69 Å². The lowest BCUT2D eigenvalue weighted by molar-refractivity contribution is 0.483. The fourth-order valence-corrected chi connectivity index (χ4v) is 1.04. The van der Waals surface area contributed by atoms with Gasteiger partial charge in [-0.2, -0.15) is 0 Å². The molecule has 14 heavy (non-hydrogen) atoms. The van der Waals surface area contributed by atoms with Gasteiger partial charge in [-0.15, -0.1) is 10.2 Å². The van der Waals surface area contributed by atoms with Crippen LogP contribution in [0.3, 0.4) is 0 Å². The molecule has 0 saturated carbocycles. The number of aryl methyl sites for hydroxylation is 1. The van der Waals surface area contributed by atoms with Crippen LogP contribution in [-0.4, -0.2) is 10.2 Å². The van der Waals surface area contributed by atoms with Crippen LogP contribution in [0.2, 0.25) is 0 Å². The molecule has 0 amide bonds. The first-order chi connectivity index (χ1) is 6.77. The van der Waals surface area contributed by atoms with Crippen LogP contribution in [-0.2, 0) is 0 Å². The second-order valence-corrected chi connectivity index (χ2v) is 2.85. The van der Waals surface area contributed by atoms with Crippen LogP contribution in [0.5, 0.6) is 0 Å². The largest absolute Gasteiger partial charge is 0.401 e. The molecule has 1 aromatic heterocycles. The maximum absolute atomic E-state index is 11.1. The molecule has 0 spiro atoms. The molecule has 0 atom stereocenters. The highest BCUT2D eigenvalue weighted by Crippen LogP contribution is 2.12. The third-order valence-electron chi connectivity index (χ3n) is 1.80. The normalized spacial score (nSPS) is 10.1. The number of rotatable bonds is 1. The molecule has 2 rings (SSSR count). The van der Waals surface area contributed by atoms with Gasteiger partial charge in [0.2, 0.25) is 5.89 Å². The van der Waals surface area contributed by atoms with Gasteiger partial charge in [0.15, 0.2) is 0 Å². The molecule has 70 valence electrons. The molecule has 1 aromatic carbocycles. The Morgan fingerprint density at radius 2 is 1.86 bits per heavy atom. The summed E-state index contributed by atoms with van der Waals surface area (Å²) in [4.78, 5) is 11.1. The Bertz CT molecular complexity index is 491. The van der Waals surface area contributed by atoms with Crippen molar-refractivity contribution in [2.24, 2.45) is 0 Å². The maximum atomic E-state index is 11.1. The van der Waals surface area contributed by atoms with Gasteiger partial charge in [-0.1, -0.05) is 18.2 Å². The van der Waals surface area contributed by atoms with E-state index in [0.717, 1.165) is 5.56 Å². The van der Waals surface area contributed by atoms with Gasteiger partial charge < -0.3 is 4.42 Å². The van der Waals surface area contributed by atoms with Crippen molar-refractivity contribution in [3.05, 3.63) is 46.4 Å². The van der Waals surface area contributed by atoms with Gasteiger partial charge >= 0.3 is 5.63 Å². The van der Waals surface area contributed by atoms with Crippen molar-refractivity contribution >= 4 is 0 Å². The Kier molecular flexibility index (Phi) is 2.10. The van der Waals surface area contributed by atoms with Crippen molar-refractivity contribution < 1.29 is 4.42 Å². The first kappa shape index (κ1) is 8.62. The summed E-state index contributed by atoms with van der Waals surface area (Å²) in [5.74, 6) is 0.251. The molecule has 0 aliphatic rings. The first-order valence-corrected chi connectivity index (χ1v) is 4.17. The van der Waals surface area contributed by atoms with Crippen LogP contribution in [0.4, 0.5) is 0 Å². The van der Waals surface area contributed by atoms with Gasteiger partial charge in [-0.3, -0.25) is 0 Å². The fraction of sp³-hybridized carbons (Fsp3) is 0.100. The van der Waals surface area contributed by atoms with Gasteiger partial charge in [0, 0.05) is 5.56 Å². The predicted octanol–water partition coefficient (Wildman–Crippen LogP) is 1.41. The van der Waals surface area contributed by atoms with E-state index >= 15 is 0 Å². The van der Waals surface area contributed by atoms with E-state index in [9.17, 15) is 4.79 Å². The van der Waals surface area contributed by atoms with E-state index < -0.39 is 5.63 Å². The molecule has 4 heteroatoms. The quantitative estimate of drug-likeness (QED) is 0.678. The summed E-state index contributed by atoms with van der Waals surface area (Å²) in [7, 11) is 0.